The zero-order valence-electron chi connectivity index (χ0n) is 27.0. The van der Waals surface area contributed by atoms with Gasteiger partial charge in [-0.15, -0.1) is 0 Å². The summed E-state index contributed by atoms with van der Waals surface area (Å²) in [6.45, 7) is -0.628. The van der Waals surface area contributed by atoms with Gasteiger partial charge in [-0.3, -0.25) is 24.0 Å². The summed E-state index contributed by atoms with van der Waals surface area (Å²) in [4.78, 5) is 65.4. The standard InChI is InChI=1S/C38H41N5O6/c39-30(21-26-13-5-1-6-14-26)35(46)41-32(23-28-17-9-3-10-18-28)37(48)43-33(24-29-19-11-4-12-20-29)38(49)42-31(36(47)40-25-34(44)45)22-27-15-7-2-8-16-27/h1-20,30-33H,21-25,39H2,(H,40,47)(H,41,46)(H,42,49)(H,43,48)(H,44,45)/t30-,31-,32-,33-/m1/s1. The van der Waals surface area contributed by atoms with Gasteiger partial charge in [-0.05, 0) is 28.7 Å². The van der Waals surface area contributed by atoms with Crippen molar-refractivity contribution in [3.63, 3.8) is 0 Å². The van der Waals surface area contributed by atoms with Crippen LogP contribution in [-0.4, -0.2) is 65.4 Å². The average molecular weight is 664 g/mol. The highest BCUT2D eigenvalue weighted by molar-refractivity contribution is 5.95. The first kappa shape index (κ1) is 36.0. The number of hydrogen-bond acceptors (Lipinski definition) is 6. The first-order chi connectivity index (χ1) is 23.7. The molecule has 0 aliphatic carbocycles. The molecular formula is C38H41N5O6. The Kier molecular flexibility index (Phi) is 13.6. The van der Waals surface area contributed by atoms with Gasteiger partial charge in [-0.25, -0.2) is 0 Å². The highest BCUT2D eigenvalue weighted by Gasteiger charge is 2.31. The third-order valence-corrected chi connectivity index (χ3v) is 7.80. The molecule has 0 radical (unpaired) electrons. The third kappa shape index (κ3) is 12.1. The van der Waals surface area contributed by atoms with E-state index in [4.69, 9.17) is 10.8 Å². The van der Waals surface area contributed by atoms with E-state index in [1.54, 1.807) is 48.5 Å². The quantitative estimate of drug-likeness (QED) is 0.0999. The lowest BCUT2D eigenvalue weighted by Crippen LogP contribution is -2.59. The fourth-order valence-corrected chi connectivity index (χ4v) is 5.25. The Morgan fingerprint density at radius 1 is 0.469 bits per heavy atom. The van der Waals surface area contributed by atoms with Crippen molar-refractivity contribution in [2.24, 2.45) is 5.73 Å². The maximum absolute atomic E-state index is 14.0. The summed E-state index contributed by atoms with van der Waals surface area (Å²) in [5.41, 5.74) is 9.37. The minimum Gasteiger partial charge on any atom is -0.480 e. The number of rotatable bonds is 17. The zero-order chi connectivity index (χ0) is 35.0. The second kappa shape index (κ2) is 18.5. The van der Waals surface area contributed by atoms with E-state index in [1.807, 2.05) is 72.8 Å². The van der Waals surface area contributed by atoms with Crippen molar-refractivity contribution in [1.29, 1.82) is 0 Å². The van der Waals surface area contributed by atoms with Crippen LogP contribution in [0.2, 0.25) is 0 Å². The predicted molar refractivity (Wildman–Crippen MR) is 185 cm³/mol. The van der Waals surface area contributed by atoms with Gasteiger partial charge < -0.3 is 32.1 Å². The van der Waals surface area contributed by atoms with Crippen LogP contribution in [0.4, 0.5) is 0 Å². The SMILES string of the molecule is N[C@H](Cc1ccccc1)C(=O)N[C@H](Cc1ccccc1)C(=O)N[C@H](Cc1ccccc1)C(=O)N[C@H](Cc1ccccc1)C(=O)NCC(=O)O. The molecule has 49 heavy (non-hydrogen) atoms. The summed E-state index contributed by atoms with van der Waals surface area (Å²) < 4.78 is 0. The lowest BCUT2D eigenvalue weighted by atomic mass is 10.0. The molecule has 4 atom stereocenters. The van der Waals surface area contributed by atoms with Crippen LogP contribution in [0.25, 0.3) is 0 Å². The van der Waals surface area contributed by atoms with Crippen LogP contribution in [0, 0.1) is 0 Å². The van der Waals surface area contributed by atoms with Crippen LogP contribution in [0.3, 0.4) is 0 Å². The van der Waals surface area contributed by atoms with E-state index in [1.165, 1.54) is 0 Å². The molecule has 254 valence electrons. The highest BCUT2D eigenvalue weighted by Crippen LogP contribution is 2.10. The average Bonchev–Trinajstić information content (AvgIpc) is 3.11. The van der Waals surface area contributed by atoms with Crippen LogP contribution in [0.1, 0.15) is 22.3 Å². The Labute approximate surface area is 285 Å². The van der Waals surface area contributed by atoms with Gasteiger partial charge >= 0.3 is 5.97 Å². The summed E-state index contributed by atoms with van der Waals surface area (Å²) >= 11 is 0. The Morgan fingerprint density at radius 3 is 1.12 bits per heavy atom. The third-order valence-electron chi connectivity index (χ3n) is 7.80. The van der Waals surface area contributed by atoms with Gasteiger partial charge in [0.15, 0.2) is 0 Å². The van der Waals surface area contributed by atoms with E-state index in [2.05, 4.69) is 21.3 Å². The normalized spacial score (nSPS) is 13.2. The molecule has 4 aromatic carbocycles. The molecule has 0 saturated heterocycles. The van der Waals surface area contributed by atoms with Crippen molar-refractivity contribution in [2.75, 3.05) is 6.54 Å². The highest BCUT2D eigenvalue weighted by atomic mass is 16.4. The molecule has 4 rings (SSSR count). The van der Waals surface area contributed by atoms with Gasteiger partial charge in [0, 0.05) is 19.3 Å². The fraction of sp³-hybridized carbons (Fsp3) is 0.237. The Bertz CT molecular complexity index is 1670. The van der Waals surface area contributed by atoms with Crippen LogP contribution >= 0.6 is 0 Å². The van der Waals surface area contributed by atoms with E-state index < -0.39 is 60.3 Å². The maximum Gasteiger partial charge on any atom is 0.322 e. The van der Waals surface area contributed by atoms with Crippen molar-refractivity contribution in [3.8, 4) is 0 Å². The molecule has 0 saturated carbocycles. The van der Waals surface area contributed by atoms with Crippen LogP contribution < -0.4 is 27.0 Å². The summed E-state index contributed by atoms with van der Waals surface area (Å²) in [7, 11) is 0. The van der Waals surface area contributed by atoms with E-state index >= 15 is 0 Å². The van der Waals surface area contributed by atoms with Gasteiger partial charge in [0.1, 0.15) is 24.7 Å². The van der Waals surface area contributed by atoms with Crippen LogP contribution in [0.15, 0.2) is 121 Å². The number of carboxylic acid groups (broad SMARTS) is 1. The molecule has 4 amide bonds. The topological polar surface area (TPSA) is 180 Å². The Morgan fingerprint density at radius 2 is 0.776 bits per heavy atom. The molecule has 7 N–H and O–H groups in total. The van der Waals surface area contributed by atoms with Crippen molar-refractivity contribution >= 4 is 29.6 Å². The van der Waals surface area contributed by atoms with E-state index in [-0.39, 0.29) is 25.7 Å². The number of hydrogen-bond donors (Lipinski definition) is 6. The number of nitrogens with one attached hydrogen (secondary N) is 4. The van der Waals surface area contributed by atoms with Crippen LogP contribution in [0.5, 0.6) is 0 Å². The largest absolute Gasteiger partial charge is 0.480 e. The van der Waals surface area contributed by atoms with Crippen molar-refractivity contribution in [2.45, 2.75) is 49.9 Å². The summed E-state index contributed by atoms with van der Waals surface area (Å²) in [5, 5.41) is 19.8. The van der Waals surface area contributed by atoms with Gasteiger partial charge in [0.2, 0.25) is 23.6 Å². The number of carbonyl (C=O) groups excluding carboxylic acids is 4. The van der Waals surface area contributed by atoms with Crippen molar-refractivity contribution < 1.29 is 29.1 Å². The molecule has 0 unspecified atom stereocenters. The Hall–Kier alpha value is -5.81. The first-order valence-corrected chi connectivity index (χ1v) is 16.0. The molecule has 0 bridgehead atoms. The number of amides is 4. The second-order valence-electron chi connectivity index (χ2n) is 11.7. The Balaban J connectivity index is 1.56. The lowest BCUT2D eigenvalue weighted by Gasteiger charge is -2.26. The predicted octanol–water partition coefficient (Wildman–Crippen LogP) is 1.94. The van der Waals surface area contributed by atoms with Crippen LogP contribution in [-0.2, 0) is 49.7 Å². The molecule has 11 heteroatoms. The van der Waals surface area contributed by atoms with Crippen molar-refractivity contribution in [1.82, 2.24) is 21.3 Å². The molecular weight excluding hydrogens is 622 g/mol. The molecule has 4 aromatic rings. The molecule has 0 aliphatic rings. The minimum absolute atomic E-state index is 0.0761. The second-order valence-corrected chi connectivity index (χ2v) is 11.7. The fourth-order valence-electron chi connectivity index (χ4n) is 5.25. The van der Waals surface area contributed by atoms with E-state index in [0.717, 1.165) is 22.3 Å². The number of carbonyl (C=O) groups is 5. The lowest BCUT2D eigenvalue weighted by molar-refractivity contribution is -0.138. The van der Waals surface area contributed by atoms with E-state index in [0.29, 0.717) is 0 Å². The number of nitrogens with two attached hydrogens (primary N) is 1. The molecule has 0 aliphatic heterocycles. The van der Waals surface area contributed by atoms with Gasteiger partial charge in [-0.1, -0.05) is 121 Å². The molecule has 0 spiro atoms. The van der Waals surface area contributed by atoms with Gasteiger partial charge in [0.05, 0.1) is 6.04 Å². The van der Waals surface area contributed by atoms with Gasteiger partial charge in [0.25, 0.3) is 0 Å². The number of carboxylic acids is 1. The molecule has 0 aromatic heterocycles. The van der Waals surface area contributed by atoms with E-state index in [9.17, 15) is 24.0 Å². The zero-order valence-corrected chi connectivity index (χ0v) is 27.0. The first-order valence-electron chi connectivity index (χ1n) is 16.0. The monoisotopic (exact) mass is 663 g/mol. The summed E-state index contributed by atoms with van der Waals surface area (Å²) in [5.74, 6) is -3.72. The molecule has 0 fully saturated rings. The van der Waals surface area contributed by atoms with Gasteiger partial charge in [-0.2, -0.15) is 0 Å². The smallest absolute Gasteiger partial charge is 0.322 e. The number of benzene rings is 4. The maximum atomic E-state index is 14.0. The summed E-state index contributed by atoms with van der Waals surface area (Å²) in [6.07, 6.45) is 0.547. The molecule has 0 heterocycles. The minimum atomic E-state index is -1.23. The summed E-state index contributed by atoms with van der Waals surface area (Å²) in [6, 6.07) is 32.1. The number of aliphatic carboxylic acids is 1. The van der Waals surface area contributed by atoms with Crippen molar-refractivity contribution in [3.05, 3.63) is 144 Å². The molecule has 11 nitrogen and oxygen atoms in total.